The van der Waals surface area contributed by atoms with Gasteiger partial charge >= 0.3 is 0 Å². The number of aromatic nitrogens is 2. The van der Waals surface area contributed by atoms with E-state index in [-0.39, 0.29) is 17.6 Å². The van der Waals surface area contributed by atoms with Gasteiger partial charge in [-0.1, -0.05) is 43.8 Å². The number of nitrogens with zero attached hydrogens (tertiary/aromatic N) is 3. The molecule has 152 valence electrons. The molecule has 2 heterocycles. The van der Waals surface area contributed by atoms with E-state index in [2.05, 4.69) is 38.4 Å². The second kappa shape index (κ2) is 7.52. The molecule has 7 heteroatoms. The van der Waals surface area contributed by atoms with Crippen LogP contribution in [0.1, 0.15) is 41.0 Å². The Labute approximate surface area is 172 Å². The highest BCUT2D eigenvalue weighted by molar-refractivity contribution is 8.01. The first-order valence-electron chi connectivity index (χ1n) is 10.1. The molecular formula is C21H30N4O2S. The third-order valence-corrected chi connectivity index (χ3v) is 7.19. The van der Waals surface area contributed by atoms with Gasteiger partial charge in [-0.3, -0.25) is 4.79 Å². The third-order valence-electron chi connectivity index (χ3n) is 5.71. The normalized spacial score (nSPS) is 28.8. The van der Waals surface area contributed by atoms with Crippen LogP contribution in [0.25, 0.3) is 0 Å². The van der Waals surface area contributed by atoms with Crippen molar-refractivity contribution in [2.45, 2.75) is 54.8 Å². The summed E-state index contributed by atoms with van der Waals surface area (Å²) in [5.74, 6) is 1.66. The lowest BCUT2D eigenvalue weighted by Crippen LogP contribution is -2.47. The van der Waals surface area contributed by atoms with Crippen LogP contribution in [0, 0.1) is 5.92 Å². The fourth-order valence-corrected chi connectivity index (χ4v) is 5.59. The number of rotatable bonds is 6. The van der Waals surface area contributed by atoms with Crippen LogP contribution in [-0.2, 0) is 9.53 Å². The van der Waals surface area contributed by atoms with Gasteiger partial charge in [-0.15, -0.1) is 0 Å². The summed E-state index contributed by atoms with van der Waals surface area (Å²) in [6.07, 6.45) is 14.3. The third kappa shape index (κ3) is 3.24. The number of carbonyl (C=O) groups is 1. The number of hydrogen-bond donors (Lipinski definition) is 1. The summed E-state index contributed by atoms with van der Waals surface area (Å²) in [6, 6.07) is 0. The van der Waals surface area contributed by atoms with Gasteiger partial charge in [0, 0.05) is 33.9 Å². The minimum atomic E-state index is -0.137. The monoisotopic (exact) mass is 402 g/mol. The Morgan fingerprint density at radius 2 is 2.18 bits per heavy atom. The maximum Gasteiger partial charge on any atom is 0.220 e. The summed E-state index contributed by atoms with van der Waals surface area (Å²) in [5, 5.41) is 4.03. The maximum absolute atomic E-state index is 12.0. The Bertz CT molecular complexity index is 829. The number of carbonyl (C=O) groups excluding carboxylic acids is 1. The first-order chi connectivity index (χ1) is 13.7. The van der Waals surface area contributed by atoms with Crippen molar-refractivity contribution in [3.05, 3.63) is 36.2 Å². The molecule has 0 aromatic carbocycles. The van der Waals surface area contributed by atoms with Crippen LogP contribution < -0.4 is 10.2 Å². The smallest absolute Gasteiger partial charge is 0.220 e. The number of amides is 1. The van der Waals surface area contributed by atoms with Crippen molar-refractivity contribution in [3.8, 4) is 0 Å². The van der Waals surface area contributed by atoms with Crippen molar-refractivity contribution in [3.63, 3.8) is 0 Å². The van der Waals surface area contributed by atoms with E-state index in [9.17, 15) is 4.79 Å². The highest BCUT2D eigenvalue weighted by atomic mass is 32.2. The average Bonchev–Trinajstić information content (AvgIpc) is 3.62. The molecule has 2 saturated carbocycles. The number of anilines is 1. The van der Waals surface area contributed by atoms with Crippen molar-refractivity contribution < 1.29 is 11.0 Å². The van der Waals surface area contributed by atoms with Crippen LogP contribution >= 0.6 is 11.8 Å². The van der Waals surface area contributed by atoms with Gasteiger partial charge in [0.1, 0.15) is 11.8 Å². The molecule has 6 nitrogen and oxygen atoms in total. The highest BCUT2D eigenvalue weighted by Crippen LogP contribution is 2.70. The summed E-state index contributed by atoms with van der Waals surface area (Å²) < 4.78 is 5.48. The minimum Gasteiger partial charge on any atom is -0.364 e. The largest absolute Gasteiger partial charge is 0.364 e. The molecule has 28 heavy (non-hydrogen) atoms. The fraction of sp³-hybridized carbons (Fsp3) is 0.571. The Morgan fingerprint density at radius 1 is 1.39 bits per heavy atom. The maximum atomic E-state index is 12.0. The van der Waals surface area contributed by atoms with Gasteiger partial charge < -0.3 is 15.0 Å². The first kappa shape index (κ1) is 19.5. The zero-order chi connectivity index (χ0) is 19.8. The fourth-order valence-electron chi connectivity index (χ4n) is 4.10. The van der Waals surface area contributed by atoms with Crippen molar-refractivity contribution in [1.82, 2.24) is 15.3 Å². The number of fused-ring (bicyclic) bond motifs is 1. The van der Waals surface area contributed by atoms with Gasteiger partial charge in [0.2, 0.25) is 5.91 Å². The summed E-state index contributed by atoms with van der Waals surface area (Å²) in [6.45, 7) is 5.05. The van der Waals surface area contributed by atoms with E-state index in [0.29, 0.717) is 25.6 Å². The van der Waals surface area contributed by atoms with Crippen molar-refractivity contribution >= 4 is 23.5 Å². The lowest BCUT2D eigenvalue weighted by Gasteiger charge is -2.40. The summed E-state index contributed by atoms with van der Waals surface area (Å²) in [5.41, 5.74) is 1.01. The van der Waals surface area contributed by atoms with E-state index in [1.807, 2.05) is 13.8 Å². The van der Waals surface area contributed by atoms with Gasteiger partial charge in [-0.25, -0.2) is 9.97 Å². The van der Waals surface area contributed by atoms with Crippen LogP contribution in [0.2, 0.25) is 0 Å². The van der Waals surface area contributed by atoms with Gasteiger partial charge in [0.25, 0.3) is 0 Å². The van der Waals surface area contributed by atoms with E-state index < -0.39 is 0 Å². The first-order valence-corrected chi connectivity index (χ1v) is 10.9. The molecule has 5 rings (SSSR count). The Kier molecular flexibility index (Phi) is 5.22. The van der Waals surface area contributed by atoms with Crippen LogP contribution in [-0.4, -0.2) is 46.5 Å². The van der Waals surface area contributed by atoms with Crippen LogP contribution in [0.15, 0.2) is 41.2 Å². The molecule has 1 aromatic rings. The predicted octanol–water partition coefficient (Wildman–Crippen LogP) is 3.56. The molecule has 3 aliphatic carbocycles. The molecule has 0 bridgehead atoms. The zero-order valence-corrected chi connectivity index (χ0v) is 17.6. The van der Waals surface area contributed by atoms with Crippen LogP contribution in [0.3, 0.4) is 0 Å². The van der Waals surface area contributed by atoms with Crippen LogP contribution in [0.5, 0.6) is 0 Å². The van der Waals surface area contributed by atoms with Crippen molar-refractivity contribution in [2.75, 3.05) is 25.3 Å². The van der Waals surface area contributed by atoms with E-state index in [1.54, 1.807) is 31.3 Å². The molecule has 1 amide bonds. The van der Waals surface area contributed by atoms with E-state index in [1.165, 1.54) is 12.8 Å². The number of methoxy groups -OCH3 is 1. The molecule has 2 unspecified atom stereocenters. The molecular weight excluding hydrogens is 372 g/mol. The summed E-state index contributed by atoms with van der Waals surface area (Å²) in [4.78, 5) is 23.3. The summed E-state index contributed by atoms with van der Waals surface area (Å²) in [7, 11) is 1.71. The van der Waals surface area contributed by atoms with Gasteiger partial charge in [-0.05, 0) is 30.8 Å². The SMILES string of the molecule is CC.COCN1c2nccnc2SC23C=CC(CNC(=O)CC4CC4)=CC12C3.[HH]. The van der Waals surface area contributed by atoms with Crippen molar-refractivity contribution in [1.29, 1.82) is 0 Å². The molecule has 0 radical (unpaired) electrons. The Morgan fingerprint density at radius 3 is 2.93 bits per heavy atom. The highest BCUT2D eigenvalue weighted by Gasteiger charge is 2.72. The topological polar surface area (TPSA) is 67.3 Å². The number of thioether (sulfide) groups is 1. The zero-order valence-electron chi connectivity index (χ0n) is 16.8. The van der Waals surface area contributed by atoms with Crippen molar-refractivity contribution in [2.24, 2.45) is 5.92 Å². The molecule has 1 aromatic heterocycles. The quantitative estimate of drug-likeness (QED) is 0.785. The number of ether oxygens (including phenoxy) is 1. The molecule has 4 aliphatic rings. The molecule has 2 atom stereocenters. The average molecular weight is 403 g/mol. The molecule has 0 spiro atoms. The summed E-state index contributed by atoms with van der Waals surface area (Å²) >= 11 is 1.79. The van der Waals surface area contributed by atoms with E-state index in [0.717, 1.165) is 22.8 Å². The van der Waals surface area contributed by atoms with Gasteiger partial charge in [0.05, 0.1) is 10.3 Å². The minimum absolute atomic E-state index is 0. The lowest BCUT2D eigenvalue weighted by molar-refractivity contribution is -0.121. The standard InChI is InChI=1S/C19H22N4O2S.C2H6.H2/c1-25-12-23-16-17(21-7-6-20-16)26-19-5-4-14(9-18(19,23)11-19)10-22-15(24)8-13-2-3-13;1-2;/h4-7,9,13H,2-3,8,10-12H2,1H3,(H,22,24);1-2H3;1H. The molecule has 0 saturated heterocycles. The Balaban J connectivity index is 0.000000778. The molecule has 1 aliphatic heterocycles. The van der Waals surface area contributed by atoms with Crippen LogP contribution in [0.4, 0.5) is 5.82 Å². The Hall–Kier alpha value is -1.86. The van der Waals surface area contributed by atoms with E-state index in [4.69, 9.17) is 4.74 Å². The van der Waals surface area contributed by atoms with Gasteiger partial charge in [0.15, 0.2) is 5.82 Å². The van der Waals surface area contributed by atoms with Gasteiger partial charge in [-0.2, -0.15) is 0 Å². The number of nitrogens with one attached hydrogen (secondary N) is 1. The molecule has 2 fully saturated rings. The van der Waals surface area contributed by atoms with E-state index >= 15 is 0 Å². The predicted molar refractivity (Wildman–Crippen MR) is 113 cm³/mol. The number of hydrogen-bond acceptors (Lipinski definition) is 6. The second-order valence-electron chi connectivity index (χ2n) is 7.60. The molecule has 1 N–H and O–H groups in total. The lowest BCUT2D eigenvalue weighted by atomic mass is 10.00. The second-order valence-corrected chi connectivity index (χ2v) is 8.92.